The van der Waals surface area contributed by atoms with Crippen LogP contribution in [0.25, 0.3) is 0 Å². The standard InChI is InChI=1S/C18H29N3O2/c1-13(2)9-10-19-17(22)11-21(5)12-18(23)20-16-8-6-7-14(3)15(16)4/h6-8,13H,9-12H2,1-5H3,(H,19,22)(H,20,23)/p+1. The van der Waals surface area contributed by atoms with Gasteiger partial charge in [-0.3, -0.25) is 9.59 Å². The lowest BCUT2D eigenvalue weighted by Crippen LogP contribution is -3.11. The predicted molar refractivity (Wildman–Crippen MR) is 93.6 cm³/mol. The van der Waals surface area contributed by atoms with E-state index in [4.69, 9.17) is 0 Å². The minimum atomic E-state index is -0.0776. The normalized spacial score (nSPS) is 12.1. The van der Waals surface area contributed by atoms with Gasteiger partial charge in [-0.2, -0.15) is 0 Å². The number of anilines is 1. The summed E-state index contributed by atoms with van der Waals surface area (Å²) in [6.07, 6.45) is 0.970. The predicted octanol–water partition coefficient (Wildman–Crippen LogP) is 0.919. The van der Waals surface area contributed by atoms with Crippen LogP contribution >= 0.6 is 0 Å². The van der Waals surface area contributed by atoms with Crippen molar-refractivity contribution in [1.82, 2.24) is 5.32 Å². The lowest BCUT2D eigenvalue weighted by molar-refractivity contribution is -0.862. The van der Waals surface area contributed by atoms with Gasteiger partial charge in [0.15, 0.2) is 13.1 Å². The maximum atomic E-state index is 12.1. The van der Waals surface area contributed by atoms with Crippen molar-refractivity contribution in [2.75, 3.05) is 32.0 Å². The van der Waals surface area contributed by atoms with Gasteiger partial charge in [-0.25, -0.2) is 0 Å². The fourth-order valence-electron chi connectivity index (χ4n) is 2.25. The topological polar surface area (TPSA) is 62.6 Å². The van der Waals surface area contributed by atoms with Gasteiger partial charge in [-0.1, -0.05) is 26.0 Å². The largest absolute Gasteiger partial charge is 0.351 e. The summed E-state index contributed by atoms with van der Waals surface area (Å²) >= 11 is 0. The number of quaternary nitrogens is 1. The Balaban J connectivity index is 2.38. The molecule has 0 aliphatic heterocycles. The van der Waals surface area contributed by atoms with E-state index in [-0.39, 0.29) is 18.4 Å². The summed E-state index contributed by atoms with van der Waals surface area (Å²) in [4.78, 5) is 24.8. The zero-order valence-corrected chi connectivity index (χ0v) is 15.0. The van der Waals surface area contributed by atoms with E-state index in [0.717, 1.165) is 28.1 Å². The van der Waals surface area contributed by atoms with Gasteiger partial charge in [0.1, 0.15) is 0 Å². The van der Waals surface area contributed by atoms with Crippen LogP contribution in [0.15, 0.2) is 18.2 Å². The van der Waals surface area contributed by atoms with Crippen molar-refractivity contribution in [2.24, 2.45) is 5.92 Å². The molecule has 0 spiro atoms. The molecule has 0 radical (unpaired) electrons. The highest BCUT2D eigenvalue weighted by atomic mass is 16.2. The first-order chi connectivity index (χ1) is 10.8. The molecule has 0 aliphatic rings. The molecular formula is C18H30N3O2+. The lowest BCUT2D eigenvalue weighted by Gasteiger charge is -2.15. The molecule has 0 heterocycles. The zero-order chi connectivity index (χ0) is 17.4. The summed E-state index contributed by atoms with van der Waals surface area (Å²) in [5, 5.41) is 5.81. The van der Waals surface area contributed by atoms with Crippen molar-refractivity contribution in [2.45, 2.75) is 34.1 Å². The molecule has 0 saturated heterocycles. The first kappa shape index (κ1) is 19.2. The van der Waals surface area contributed by atoms with Gasteiger partial charge in [0, 0.05) is 12.2 Å². The van der Waals surface area contributed by atoms with Crippen LogP contribution in [0.3, 0.4) is 0 Å². The number of rotatable bonds is 8. The van der Waals surface area contributed by atoms with E-state index in [9.17, 15) is 9.59 Å². The van der Waals surface area contributed by atoms with Crippen molar-refractivity contribution in [3.63, 3.8) is 0 Å². The van der Waals surface area contributed by atoms with E-state index in [2.05, 4.69) is 24.5 Å². The van der Waals surface area contributed by atoms with Gasteiger partial charge in [-0.15, -0.1) is 0 Å². The number of carbonyl (C=O) groups excluding carboxylic acids is 2. The third-order valence-corrected chi connectivity index (χ3v) is 3.85. The van der Waals surface area contributed by atoms with E-state index in [1.54, 1.807) is 0 Å². The number of amides is 2. The summed E-state index contributed by atoms with van der Waals surface area (Å²) in [5.41, 5.74) is 3.06. The fraction of sp³-hybridized carbons (Fsp3) is 0.556. The van der Waals surface area contributed by atoms with Gasteiger partial charge < -0.3 is 15.5 Å². The third kappa shape index (κ3) is 7.28. The highest BCUT2D eigenvalue weighted by Gasteiger charge is 2.15. The molecule has 0 bridgehead atoms. The minimum Gasteiger partial charge on any atom is -0.351 e. The Labute approximate surface area is 139 Å². The van der Waals surface area contributed by atoms with Crippen LogP contribution in [0.1, 0.15) is 31.4 Å². The van der Waals surface area contributed by atoms with Crippen molar-refractivity contribution >= 4 is 17.5 Å². The number of carbonyl (C=O) groups is 2. The molecule has 0 fully saturated rings. The number of hydrogen-bond donors (Lipinski definition) is 3. The van der Waals surface area contributed by atoms with Crippen LogP contribution < -0.4 is 15.5 Å². The fourth-order valence-corrected chi connectivity index (χ4v) is 2.25. The molecule has 5 heteroatoms. The van der Waals surface area contributed by atoms with Gasteiger partial charge in [0.2, 0.25) is 0 Å². The molecule has 0 aromatic heterocycles. The highest BCUT2D eigenvalue weighted by molar-refractivity contribution is 5.92. The maximum absolute atomic E-state index is 12.1. The molecule has 1 unspecified atom stereocenters. The van der Waals surface area contributed by atoms with E-state index >= 15 is 0 Å². The smallest absolute Gasteiger partial charge is 0.279 e. The summed E-state index contributed by atoms with van der Waals surface area (Å²) in [6.45, 7) is 9.53. The number of hydrogen-bond acceptors (Lipinski definition) is 2. The van der Waals surface area contributed by atoms with Gasteiger partial charge in [-0.05, 0) is 43.4 Å². The lowest BCUT2D eigenvalue weighted by atomic mass is 10.1. The zero-order valence-electron chi connectivity index (χ0n) is 15.0. The van der Waals surface area contributed by atoms with Crippen LogP contribution in [-0.2, 0) is 9.59 Å². The van der Waals surface area contributed by atoms with E-state index in [1.165, 1.54) is 0 Å². The average Bonchev–Trinajstić information content (AvgIpc) is 2.43. The average molecular weight is 320 g/mol. The second-order valence-corrected chi connectivity index (χ2v) is 6.64. The Morgan fingerprint density at radius 3 is 2.43 bits per heavy atom. The first-order valence-electron chi connectivity index (χ1n) is 8.23. The second kappa shape index (κ2) is 9.30. The summed E-state index contributed by atoms with van der Waals surface area (Å²) in [5.74, 6) is 0.484. The third-order valence-electron chi connectivity index (χ3n) is 3.85. The molecule has 1 aromatic rings. The summed E-state index contributed by atoms with van der Waals surface area (Å²) in [7, 11) is 1.85. The number of aryl methyl sites for hydroxylation is 1. The van der Waals surface area contributed by atoms with Gasteiger partial charge >= 0.3 is 0 Å². The van der Waals surface area contributed by atoms with Gasteiger partial charge in [0.05, 0.1) is 7.05 Å². The Morgan fingerprint density at radius 2 is 1.78 bits per heavy atom. The maximum Gasteiger partial charge on any atom is 0.279 e. The van der Waals surface area contributed by atoms with Crippen LogP contribution in [0.2, 0.25) is 0 Å². The van der Waals surface area contributed by atoms with Crippen LogP contribution in [0.4, 0.5) is 5.69 Å². The Morgan fingerprint density at radius 1 is 1.13 bits per heavy atom. The number of benzene rings is 1. The van der Waals surface area contributed by atoms with Crippen LogP contribution in [-0.4, -0.2) is 38.5 Å². The Kier molecular flexibility index (Phi) is 7.75. The molecule has 1 rings (SSSR count). The molecule has 0 aliphatic carbocycles. The molecule has 3 N–H and O–H groups in total. The number of likely N-dealkylation sites (N-methyl/N-ethyl adjacent to an activating group) is 1. The molecule has 23 heavy (non-hydrogen) atoms. The minimum absolute atomic E-state index is 0.0114. The highest BCUT2D eigenvalue weighted by Crippen LogP contribution is 2.17. The first-order valence-corrected chi connectivity index (χ1v) is 8.23. The molecule has 1 atom stereocenters. The Bertz CT molecular complexity index is 541. The van der Waals surface area contributed by atoms with E-state index in [1.807, 2.05) is 39.1 Å². The van der Waals surface area contributed by atoms with E-state index < -0.39 is 0 Å². The molecular weight excluding hydrogens is 290 g/mol. The second-order valence-electron chi connectivity index (χ2n) is 6.64. The van der Waals surface area contributed by atoms with Crippen molar-refractivity contribution in [1.29, 1.82) is 0 Å². The molecule has 5 nitrogen and oxygen atoms in total. The number of nitrogens with one attached hydrogen (secondary N) is 3. The monoisotopic (exact) mass is 320 g/mol. The molecule has 128 valence electrons. The Hall–Kier alpha value is -1.88. The van der Waals surface area contributed by atoms with Crippen molar-refractivity contribution in [3.8, 4) is 0 Å². The quantitative estimate of drug-likeness (QED) is 0.667. The van der Waals surface area contributed by atoms with Crippen LogP contribution in [0, 0.1) is 19.8 Å². The van der Waals surface area contributed by atoms with Crippen molar-refractivity contribution in [3.05, 3.63) is 29.3 Å². The van der Waals surface area contributed by atoms with E-state index in [0.29, 0.717) is 19.0 Å². The van der Waals surface area contributed by atoms with Crippen LogP contribution in [0.5, 0.6) is 0 Å². The molecule has 1 aromatic carbocycles. The SMILES string of the molecule is Cc1cccc(NC(=O)C[NH+](C)CC(=O)NCCC(C)C)c1C. The molecule has 0 saturated carbocycles. The van der Waals surface area contributed by atoms with Crippen molar-refractivity contribution < 1.29 is 14.5 Å². The van der Waals surface area contributed by atoms with Gasteiger partial charge in [0.25, 0.3) is 11.8 Å². The molecule has 2 amide bonds. The summed E-state index contributed by atoms with van der Waals surface area (Å²) < 4.78 is 0. The summed E-state index contributed by atoms with van der Waals surface area (Å²) in [6, 6.07) is 5.84.